The van der Waals surface area contributed by atoms with Gasteiger partial charge in [0.1, 0.15) is 5.69 Å². The van der Waals surface area contributed by atoms with Crippen molar-refractivity contribution in [3.8, 4) is 0 Å². The molecule has 3 N–H and O–H groups in total. The van der Waals surface area contributed by atoms with Crippen molar-refractivity contribution in [2.75, 3.05) is 11.1 Å². The van der Waals surface area contributed by atoms with E-state index in [0.717, 1.165) is 27.5 Å². The van der Waals surface area contributed by atoms with E-state index in [-0.39, 0.29) is 5.91 Å². The number of nitrogen functional groups attached to an aromatic ring is 1. The molecule has 1 fully saturated rings. The number of carbonyl (C=O) groups is 1. The van der Waals surface area contributed by atoms with E-state index < -0.39 is 0 Å². The molecule has 20 heavy (non-hydrogen) atoms. The third kappa shape index (κ3) is 2.76. The van der Waals surface area contributed by atoms with Gasteiger partial charge in [-0.15, -0.1) is 0 Å². The number of benzene rings is 1. The first-order valence-corrected chi connectivity index (χ1v) is 7.87. The molecule has 104 valence electrons. The lowest BCUT2D eigenvalue weighted by Gasteiger charge is -2.10. The number of hydrogen-bond donors (Lipinski definition) is 2. The van der Waals surface area contributed by atoms with Crippen LogP contribution in [-0.2, 0) is 0 Å². The van der Waals surface area contributed by atoms with Gasteiger partial charge in [0, 0.05) is 21.2 Å². The number of rotatable bonds is 3. The van der Waals surface area contributed by atoms with Crippen molar-refractivity contribution in [2.45, 2.75) is 18.9 Å². The molecule has 1 aliphatic rings. The predicted molar refractivity (Wildman–Crippen MR) is 86.9 cm³/mol. The molecule has 0 spiro atoms. The Labute approximate surface area is 133 Å². The second-order valence-electron chi connectivity index (χ2n) is 4.88. The minimum Gasteiger partial charge on any atom is -0.397 e. The molecule has 4 nitrogen and oxygen atoms in total. The Morgan fingerprint density at radius 3 is 2.75 bits per heavy atom. The lowest BCUT2D eigenvalue weighted by molar-refractivity contribution is 0.101. The Hall–Kier alpha value is -1.27. The number of halogens is 2. The average Bonchev–Trinajstić information content (AvgIpc) is 3.17. The van der Waals surface area contributed by atoms with Crippen LogP contribution < -0.4 is 11.1 Å². The lowest BCUT2D eigenvalue weighted by atomic mass is 10.3. The van der Waals surface area contributed by atoms with Crippen LogP contribution in [0.5, 0.6) is 0 Å². The predicted octanol–water partition coefficient (Wildman–Crippen LogP) is 4.18. The van der Waals surface area contributed by atoms with Crippen LogP contribution in [0, 0.1) is 0 Å². The summed E-state index contributed by atoms with van der Waals surface area (Å²) in [5, 5.41) is 2.91. The molecule has 0 aliphatic heterocycles. The first-order chi connectivity index (χ1) is 9.54. The largest absolute Gasteiger partial charge is 0.397 e. The zero-order valence-electron chi connectivity index (χ0n) is 10.6. The molecular formula is C14H13Br2N3O. The molecule has 1 saturated carbocycles. The second-order valence-corrected chi connectivity index (χ2v) is 6.65. The van der Waals surface area contributed by atoms with Crippen molar-refractivity contribution in [3.63, 3.8) is 0 Å². The van der Waals surface area contributed by atoms with Crippen molar-refractivity contribution < 1.29 is 4.79 Å². The summed E-state index contributed by atoms with van der Waals surface area (Å²) in [7, 11) is 0. The third-order valence-corrected chi connectivity index (χ3v) is 4.40. The highest BCUT2D eigenvalue weighted by atomic mass is 79.9. The van der Waals surface area contributed by atoms with E-state index in [1.165, 1.54) is 0 Å². The van der Waals surface area contributed by atoms with Crippen LogP contribution in [-0.4, -0.2) is 10.5 Å². The van der Waals surface area contributed by atoms with Crippen molar-refractivity contribution in [1.29, 1.82) is 0 Å². The number of hydrogen-bond acceptors (Lipinski definition) is 2. The van der Waals surface area contributed by atoms with Gasteiger partial charge in [-0.3, -0.25) is 4.79 Å². The zero-order valence-corrected chi connectivity index (χ0v) is 13.7. The highest BCUT2D eigenvalue weighted by Crippen LogP contribution is 2.37. The van der Waals surface area contributed by atoms with Gasteiger partial charge >= 0.3 is 0 Å². The molecule has 1 aromatic heterocycles. The molecular weight excluding hydrogens is 386 g/mol. The van der Waals surface area contributed by atoms with E-state index in [4.69, 9.17) is 5.73 Å². The highest BCUT2D eigenvalue weighted by molar-refractivity contribution is 9.11. The van der Waals surface area contributed by atoms with Crippen LogP contribution in [0.4, 0.5) is 11.4 Å². The van der Waals surface area contributed by atoms with Crippen LogP contribution >= 0.6 is 31.9 Å². The van der Waals surface area contributed by atoms with Gasteiger partial charge in [-0.1, -0.05) is 15.9 Å². The van der Waals surface area contributed by atoms with Gasteiger partial charge in [0.25, 0.3) is 5.91 Å². The van der Waals surface area contributed by atoms with E-state index in [9.17, 15) is 4.79 Å². The SMILES string of the molecule is Nc1cc(C(=O)Nc2cc(Br)ccc2Br)n(C2CC2)c1. The molecule has 1 aliphatic carbocycles. The van der Waals surface area contributed by atoms with E-state index in [1.807, 2.05) is 29.0 Å². The van der Waals surface area contributed by atoms with E-state index in [1.54, 1.807) is 6.07 Å². The molecule has 1 heterocycles. The van der Waals surface area contributed by atoms with Crippen LogP contribution in [0.3, 0.4) is 0 Å². The normalized spacial score (nSPS) is 14.3. The minimum atomic E-state index is -0.146. The maximum absolute atomic E-state index is 12.4. The Bertz CT molecular complexity index is 677. The molecule has 6 heteroatoms. The van der Waals surface area contributed by atoms with E-state index in [2.05, 4.69) is 37.2 Å². The maximum atomic E-state index is 12.4. The van der Waals surface area contributed by atoms with Gasteiger partial charge in [-0.05, 0) is 53.0 Å². The smallest absolute Gasteiger partial charge is 0.272 e. The lowest BCUT2D eigenvalue weighted by Crippen LogP contribution is -2.16. The summed E-state index contributed by atoms with van der Waals surface area (Å²) in [4.78, 5) is 12.4. The molecule has 1 amide bonds. The Balaban J connectivity index is 1.87. The quantitative estimate of drug-likeness (QED) is 0.814. The minimum absolute atomic E-state index is 0.146. The number of nitrogens with one attached hydrogen (secondary N) is 1. The number of carbonyl (C=O) groups excluding carboxylic acids is 1. The van der Waals surface area contributed by atoms with Gasteiger partial charge in [0.05, 0.1) is 11.4 Å². The van der Waals surface area contributed by atoms with Crippen molar-refractivity contribution in [2.24, 2.45) is 0 Å². The summed E-state index contributed by atoms with van der Waals surface area (Å²) in [6.07, 6.45) is 4.05. The maximum Gasteiger partial charge on any atom is 0.272 e. The summed E-state index contributed by atoms with van der Waals surface area (Å²) in [6.45, 7) is 0. The highest BCUT2D eigenvalue weighted by Gasteiger charge is 2.27. The molecule has 0 bridgehead atoms. The Kier molecular flexibility index (Phi) is 3.60. The number of anilines is 2. The average molecular weight is 399 g/mol. The van der Waals surface area contributed by atoms with Crippen molar-refractivity contribution in [1.82, 2.24) is 4.57 Å². The number of nitrogens with zero attached hydrogens (tertiary/aromatic N) is 1. The fraction of sp³-hybridized carbons (Fsp3) is 0.214. The summed E-state index contributed by atoms with van der Waals surface area (Å²) >= 11 is 6.83. The van der Waals surface area contributed by atoms with Gasteiger partial charge in [-0.25, -0.2) is 0 Å². The number of amides is 1. The van der Waals surface area contributed by atoms with Gasteiger partial charge < -0.3 is 15.6 Å². The van der Waals surface area contributed by atoms with Crippen LogP contribution in [0.2, 0.25) is 0 Å². The van der Waals surface area contributed by atoms with Gasteiger partial charge in [-0.2, -0.15) is 0 Å². The topological polar surface area (TPSA) is 60.1 Å². The van der Waals surface area contributed by atoms with Crippen LogP contribution in [0.1, 0.15) is 29.4 Å². The van der Waals surface area contributed by atoms with Crippen molar-refractivity contribution in [3.05, 3.63) is 45.1 Å². The van der Waals surface area contributed by atoms with Crippen LogP contribution in [0.15, 0.2) is 39.4 Å². The zero-order chi connectivity index (χ0) is 14.3. The van der Waals surface area contributed by atoms with Crippen molar-refractivity contribution >= 4 is 49.1 Å². The third-order valence-electron chi connectivity index (χ3n) is 3.22. The summed E-state index contributed by atoms with van der Waals surface area (Å²) in [5.41, 5.74) is 7.77. The van der Waals surface area contributed by atoms with Gasteiger partial charge in [0.15, 0.2) is 0 Å². The molecule has 0 saturated heterocycles. The molecule has 0 atom stereocenters. The second kappa shape index (κ2) is 5.26. The monoisotopic (exact) mass is 397 g/mol. The van der Waals surface area contributed by atoms with E-state index in [0.29, 0.717) is 17.4 Å². The molecule has 0 radical (unpaired) electrons. The Morgan fingerprint density at radius 1 is 1.30 bits per heavy atom. The van der Waals surface area contributed by atoms with Crippen LogP contribution in [0.25, 0.3) is 0 Å². The summed E-state index contributed by atoms with van der Waals surface area (Å²) in [6, 6.07) is 7.78. The van der Waals surface area contributed by atoms with Gasteiger partial charge in [0.2, 0.25) is 0 Å². The fourth-order valence-electron chi connectivity index (χ4n) is 2.12. The number of nitrogens with two attached hydrogens (primary N) is 1. The Morgan fingerprint density at radius 2 is 2.05 bits per heavy atom. The summed E-state index contributed by atoms with van der Waals surface area (Å²) < 4.78 is 3.72. The first-order valence-electron chi connectivity index (χ1n) is 6.28. The fourth-order valence-corrected chi connectivity index (χ4v) is 2.82. The summed E-state index contributed by atoms with van der Waals surface area (Å²) in [5.74, 6) is -0.146. The standard InChI is InChI=1S/C14H13Br2N3O/c15-8-1-4-11(16)12(5-8)18-14(20)13-6-9(17)7-19(13)10-2-3-10/h1,4-7,10H,2-3,17H2,(H,18,20). The molecule has 0 unspecified atom stereocenters. The number of aromatic nitrogens is 1. The molecule has 2 aromatic rings. The molecule has 1 aromatic carbocycles. The molecule has 3 rings (SSSR count). The van der Waals surface area contributed by atoms with E-state index >= 15 is 0 Å². The first kappa shape index (κ1) is 13.7.